The zero-order valence-corrected chi connectivity index (χ0v) is 12.2. The van der Waals surface area contributed by atoms with Gasteiger partial charge in [0.15, 0.2) is 12.4 Å². The second-order valence-electron chi connectivity index (χ2n) is 4.17. The van der Waals surface area contributed by atoms with E-state index >= 15 is 0 Å². The minimum atomic E-state index is 0. The number of rotatable bonds is 1. The van der Waals surface area contributed by atoms with Gasteiger partial charge in [0, 0.05) is 28.7 Å². The molecule has 0 bridgehead atoms. The highest BCUT2D eigenvalue weighted by molar-refractivity contribution is 5.94. The summed E-state index contributed by atoms with van der Waals surface area (Å²) < 4.78 is 2.09. The second kappa shape index (κ2) is 5.44. The van der Waals surface area contributed by atoms with Crippen LogP contribution in [0.2, 0.25) is 0 Å². The summed E-state index contributed by atoms with van der Waals surface area (Å²) in [5.74, 6) is 0. The van der Waals surface area contributed by atoms with Crippen LogP contribution < -0.4 is 28.5 Å². The van der Waals surface area contributed by atoms with Gasteiger partial charge in [-0.3, -0.25) is 4.98 Å². The molecular formula is C15H13IN2. The van der Waals surface area contributed by atoms with Crippen molar-refractivity contribution in [2.24, 2.45) is 7.05 Å². The van der Waals surface area contributed by atoms with Gasteiger partial charge in [-0.25, -0.2) is 4.57 Å². The molecule has 2 heterocycles. The Hall–Kier alpha value is -1.49. The molecule has 0 N–H and O–H groups in total. The van der Waals surface area contributed by atoms with Gasteiger partial charge in [0.25, 0.3) is 0 Å². The lowest BCUT2D eigenvalue weighted by atomic mass is 10.0. The molecule has 90 valence electrons. The van der Waals surface area contributed by atoms with Crippen molar-refractivity contribution in [3.63, 3.8) is 0 Å². The van der Waals surface area contributed by atoms with Crippen LogP contribution in [0.15, 0.2) is 61.2 Å². The number of hydrogen-bond donors (Lipinski definition) is 0. The summed E-state index contributed by atoms with van der Waals surface area (Å²) in [7, 11) is 2.05. The molecule has 1 aromatic carbocycles. The number of nitrogens with zero attached hydrogens (tertiary/aromatic N) is 2. The van der Waals surface area contributed by atoms with E-state index in [4.69, 9.17) is 0 Å². The van der Waals surface area contributed by atoms with Gasteiger partial charge < -0.3 is 24.0 Å². The quantitative estimate of drug-likeness (QED) is 0.437. The Morgan fingerprint density at radius 3 is 2.61 bits per heavy atom. The lowest BCUT2D eigenvalue weighted by Gasteiger charge is -2.04. The largest absolute Gasteiger partial charge is 1.00 e. The van der Waals surface area contributed by atoms with E-state index in [0.29, 0.717) is 0 Å². The normalized spacial score (nSPS) is 10.1. The molecule has 0 aliphatic rings. The molecule has 2 nitrogen and oxygen atoms in total. The number of fused-ring (bicyclic) bond motifs is 1. The van der Waals surface area contributed by atoms with Crippen LogP contribution in [-0.4, -0.2) is 4.98 Å². The smallest absolute Gasteiger partial charge is 0.177 e. The number of benzene rings is 1. The summed E-state index contributed by atoms with van der Waals surface area (Å²) in [5.41, 5.74) is 2.37. The Balaban J connectivity index is 0.00000120. The Kier molecular flexibility index (Phi) is 3.91. The first-order valence-electron chi connectivity index (χ1n) is 5.63. The van der Waals surface area contributed by atoms with E-state index in [9.17, 15) is 0 Å². The molecule has 0 spiro atoms. The van der Waals surface area contributed by atoms with Gasteiger partial charge in [-0.05, 0) is 12.1 Å². The van der Waals surface area contributed by atoms with Gasteiger partial charge in [-0.15, -0.1) is 0 Å². The fourth-order valence-corrected chi connectivity index (χ4v) is 2.14. The van der Waals surface area contributed by atoms with E-state index in [0.717, 1.165) is 5.56 Å². The molecule has 0 aliphatic heterocycles. The third kappa shape index (κ3) is 2.36. The van der Waals surface area contributed by atoms with Gasteiger partial charge in [0.2, 0.25) is 0 Å². The van der Waals surface area contributed by atoms with E-state index in [1.807, 2.05) is 19.3 Å². The summed E-state index contributed by atoms with van der Waals surface area (Å²) in [5, 5.41) is 2.51. The van der Waals surface area contributed by atoms with Crippen LogP contribution in [0.3, 0.4) is 0 Å². The zero-order valence-electron chi connectivity index (χ0n) is 10.0. The lowest BCUT2D eigenvalue weighted by molar-refractivity contribution is -0.669. The first-order valence-corrected chi connectivity index (χ1v) is 5.63. The molecule has 3 heteroatoms. The van der Waals surface area contributed by atoms with E-state index in [1.54, 1.807) is 6.20 Å². The minimum absolute atomic E-state index is 0. The predicted octanol–water partition coefficient (Wildman–Crippen LogP) is -0.270. The fraction of sp³-hybridized carbons (Fsp3) is 0.0667. The van der Waals surface area contributed by atoms with Crippen LogP contribution in [0.4, 0.5) is 0 Å². The number of pyridine rings is 2. The summed E-state index contributed by atoms with van der Waals surface area (Å²) in [4.78, 5) is 4.19. The van der Waals surface area contributed by atoms with E-state index in [1.165, 1.54) is 16.3 Å². The van der Waals surface area contributed by atoms with Crippen LogP contribution in [0.25, 0.3) is 21.9 Å². The molecule has 0 fully saturated rings. The molecule has 0 saturated heterocycles. The molecule has 0 radical (unpaired) electrons. The highest BCUT2D eigenvalue weighted by Crippen LogP contribution is 2.25. The fourth-order valence-electron chi connectivity index (χ4n) is 2.14. The third-order valence-electron chi connectivity index (χ3n) is 2.90. The maximum absolute atomic E-state index is 4.19. The molecule has 2 aromatic heterocycles. The first kappa shape index (κ1) is 13.0. The molecule has 18 heavy (non-hydrogen) atoms. The van der Waals surface area contributed by atoms with Crippen molar-refractivity contribution in [2.45, 2.75) is 0 Å². The average Bonchev–Trinajstić information content (AvgIpc) is 2.39. The standard InChI is InChI=1S/C15H13N2.HI/c1-17-10-13-5-2-3-7-14(13)15(11-17)12-6-4-8-16-9-12;/h2-11H,1H3;1H/q+1;/p-1. The van der Waals surface area contributed by atoms with Crippen LogP contribution in [0.5, 0.6) is 0 Å². The summed E-state index contributed by atoms with van der Waals surface area (Å²) in [6.45, 7) is 0. The zero-order chi connectivity index (χ0) is 11.7. The lowest BCUT2D eigenvalue weighted by Crippen LogP contribution is -3.00. The van der Waals surface area contributed by atoms with Gasteiger partial charge in [-0.1, -0.05) is 24.3 Å². The van der Waals surface area contributed by atoms with E-state index in [2.05, 4.69) is 52.3 Å². The topological polar surface area (TPSA) is 16.8 Å². The molecule has 3 aromatic rings. The first-order chi connectivity index (χ1) is 8.34. The summed E-state index contributed by atoms with van der Waals surface area (Å²) in [6.07, 6.45) is 7.98. The predicted molar refractivity (Wildman–Crippen MR) is 68.4 cm³/mol. The molecular weight excluding hydrogens is 335 g/mol. The average molecular weight is 348 g/mol. The van der Waals surface area contributed by atoms with Crippen molar-refractivity contribution in [3.05, 3.63) is 61.2 Å². The Labute approximate surface area is 123 Å². The van der Waals surface area contributed by atoms with E-state index in [-0.39, 0.29) is 24.0 Å². The Morgan fingerprint density at radius 1 is 1.00 bits per heavy atom. The SMILES string of the molecule is C[n+]1cc(-c2cccnc2)c2ccccc2c1.[I-]. The Bertz CT molecular complexity index is 666. The second-order valence-corrected chi connectivity index (χ2v) is 4.17. The number of halogens is 1. The molecule has 0 atom stereocenters. The van der Waals surface area contributed by atoms with Crippen molar-refractivity contribution >= 4 is 10.8 Å². The number of aryl methyl sites for hydroxylation is 1. The minimum Gasteiger partial charge on any atom is -1.00 e. The van der Waals surface area contributed by atoms with Gasteiger partial charge in [0.1, 0.15) is 7.05 Å². The van der Waals surface area contributed by atoms with Crippen LogP contribution in [0, 0.1) is 0 Å². The monoisotopic (exact) mass is 348 g/mol. The molecule has 3 rings (SSSR count). The van der Waals surface area contributed by atoms with Crippen molar-refractivity contribution in [2.75, 3.05) is 0 Å². The summed E-state index contributed by atoms with van der Waals surface area (Å²) >= 11 is 0. The number of aromatic nitrogens is 2. The Morgan fingerprint density at radius 2 is 1.83 bits per heavy atom. The van der Waals surface area contributed by atoms with Crippen molar-refractivity contribution in [3.8, 4) is 11.1 Å². The third-order valence-corrected chi connectivity index (χ3v) is 2.90. The van der Waals surface area contributed by atoms with Crippen LogP contribution in [0.1, 0.15) is 0 Å². The molecule has 0 unspecified atom stereocenters. The van der Waals surface area contributed by atoms with Crippen LogP contribution in [-0.2, 0) is 7.05 Å². The highest BCUT2D eigenvalue weighted by atomic mass is 127. The van der Waals surface area contributed by atoms with Gasteiger partial charge in [0.05, 0.1) is 5.56 Å². The highest BCUT2D eigenvalue weighted by Gasteiger charge is 2.08. The molecule has 0 aliphatic carbocycles. The van der Waals surface area contributed by atoms with Gasteiger partial charge in [-0.2, -0.15) is 0 Å². The van der Waals surface area contributed by atoms with Crippen LogP contribution >= 0.6 is 0 Å². The number of hydrogen-bond acceptors (Lipinski definition) is 1. The van der Waals surface area contributed by atoms with Gasteiger partial charge >= 0.3 is 0 Å². The van der Waals surface area contributed by atoms with Crippen molar-refractivity contribution in [1.82, 2.24) is 4.98 Å². The molecule has 0 amide bonds. The summed E-state index contributed by atoms with van der Waals surface area (Å²) in [6, 6.07) is 12.5. The van der Waals surface area contributed by atoms with E-state index < -0.39 is 0 Å². The molecule has 0 saturated carbocycles. The van der Waals surface area contributed by atoms with Crippen molar-refractivity contribution in [1.29, 1.82) is 0 Å². The van der Waals surface area contributed by atoms with Crippen molar-refractivity contribution < 1.29 is 28.5 Å². The maximum Gasteiger partial charge on any atom is 0.177 e. The maximum atomic E-state index is 4.19.